The molecule has 0 saturated carbocycles. The van der Waals surface area contributed by atoms with E-state index in [4.69, 9.17) is 5.11 Å². The summed E-state index contributed by atoms with van der Waals surface area (Å²) >= 11 is 1.58. The summed E-state index contributed by atoms with van der Waals surface area (Å²) in [6, 6.07) is 4.41. The Morgan fingerprint density at radius 3 is 3.00 bits per heavy atom. The van der Waals surface area contributed by atoms with Crippen molar-refractivity contribution in [3.8, 4) is 5.75 Å². The fourth-order valence-corrected chi connectivity index (χ4v) is 2.06. The largest absolute Gasteiger partial charge is 0.505 e. The van der Waals surface area contributed by atoms with Crippen LogP contribution in [0.4, 0.5) is 4.39 Å². The van der Waals surface area contributed by atoms with Crippen LogP contribution < -0.4 is 5.32 Å². The van der Waals surface area contributed by atoms with Crippen LogP contribution in [0.15, 0.2) is 29.1 Å². The first-order valence-corrected chi connectivity index (χ1v) is 6.25. The summed E-state index contributed by atoms with van der Waals surface area (Å²) in [5, 5.41) is 14.3. The molecule has 90 valence electrons. The van der Waals surface area contributed by atoms with Gasteiger partial charge in [0.25, 0.3) is 0 Å². The molecule has 0 radical (unpaired) electrons. The molecule has 0 fully saturated rings. The van der Waals surface area contributed by atoms with E-state index in [9.17, 15) is 4.39 Å². The minimum Gasteiger partial charge on any atom is -0.505 e. The van der Waals surface area contributed by atoms with Crippen molar-refractivity contribution < 1.29 is 9.50 Å². The maximum Gasteiger partial charge on any atom is 0.165 e. The molecule has 0 saturated heterocycles. The van der Waals surface area contributed by atoms with Gasteiger partial charge >= 0.3 is 0 Å². The Bertz CT molecular complexity index is 473. The van der Waals surface area contributed by atoms with Gasteiger partial charge in [-0.2, -0.15) is 0 Å². The molecule has 0 aliphatic heterocycles. The highest BCUT2D eigenvalue weighted by Crippen LogP contribution is 2.15. The highest BCUT2D eigenvalue weighted by molar-refractivity contribution is 7.07. The number of hydrogen-bond acceptors (Lipinski definition) is 4. The first-order valence-electron chi connectivity index (χ1n) is 5.31. The Balaban J connectivity index is 1.76. The molecule has 2 aromatic rings. The molecular formula is C12H13FN2OS. The summed E-state index contributed by atoms with van der Waals surface area (Å²) < 4.78 is 13.0. The molecular weight excluding hydrogens is 239 g/mol. The van der Waals surface area contributed by atoms with Gasteiger partial charge in [-0.1, -0.05) is 6.07 Å². The zero-order valence-corrected chi connectivity index (χ0v) is 10.0. The van der Waals surface area contributed by atoms with E-state index in [2.05, 4.69) is 10.3 Å². The number of nitrogens with zero attached hydrogens (tertiary/aromatic N) is 1. The van der Waals surface area contributed by atoms with Gasteiger partial charge in [-0.25, -0.2) is 9.37 Å². The van der Waals surface area contributed by atoms with E-state index in [0.29, 0.717) is 6.54 Å². The fourth-order valence-electron chi connectivity index (χ4n) is 1.47. The molecule has 0 spiro atoms. The Morgan fingerprint density at radius 2 is 2.29 bits per heavy atom. The molecule has 5 heteroatoms. The predicted molar refractivity (Wildman–Crippen MR) is 65.6 cm³/mol. The van der Waals surface area contributed by atoms with E-state index in [1.807, 2.05) is 10.9 Å². The van der Waals surface area contributed by atoms with Crippen LogP contribution in [0.25, 0.3) is 0 Å². The first-order chi connectivity index (χ1) is 8.25. The Labute approximate surface area is 103 Å². The fraction of sp³-hybridized carbons (Fsp3) is 0.250. The standard InChI is InChI=1S/C12H13FN2OS/c13-11-5-9(1-2-12(11)16)6-14-4-3-10-7-17-8-15-10/h1-2,5,7-8,14,16H,3-4,6H2. The summed E-state index contributed by atoms with van der Waals surface area (Å²) in [6.45, 7) is 1.38. The van der Waals surface area contributed by atoms with Gasteiger partial charge in [-0.3, -0.25) is 0 Å². The van der Waals surface area contributed by atoms with Crippen LogP contribution >= 0.6 is 11.3 Å². The van der Waals surface area contributed by atoms with Crippen LogP contribution in [0, 0.1) is 5.82 Å². The maximum absolute atomic E-state index is 13.0. The quantitative estimate of drug-likeness (QED) is 0.803. The van der Waals surface area contributed by atoms with Crippen LogP contribution in [-0.4, -0.2) is 16.6 Å². The number of aromatic nitrogens is 1. The van der Waals surface area contributed by atoms with Crippen molar-refractivity contribution in [3.63, 3.8) is 0 Å². The lowest BCUT2D eigenvalue weighted by Gasteiger charge is -2.04. The molecule has 0 aliphatic carbocycles. The number of hydrogen-bond donors (Lipinski definition) is 2. The average Bonchev–Trinajstić information content (AvgIpc) is 2.82. The SMILES string of the molecule is Oc1ccc(CNCCc2cscn2)cc1F. The second-order valence-electron chi connectivity index (χ2n) is 3.69. The number of phenolic OH excluding ortho intramolecular Hbond substituents is 1. The number of aromatic hydroxyl groups is 1. The molecule has 2 N–H and O–H groups in total. The number of benzene rings is 1. The van der Waals surface area contributed by atoms with Crippen molar-refractivity contribution in [1.82, 2.24) is 10.3 Å². The number of rotatable bonds is 5. The molecule has 1 heterocycles. The van der Waals surface area contributed by atoms with Crippen LogP contribution in [0.3, 0.4) is 0 Å². The lowest BCUT2D eigenvalue weighted by atomic mass is 10.2. The lowest BCUT2D eigenvalue weighted by molar-refractivity contribution is 0.431. The Hall–Kier alpha value is -1.46. The number of thiazole rings is 1. The second kappa shape index (κ2) is 5.75. The van der Waals surface area contributed by atoms with Gasteiger partial charge in [0.15, 0.2) is 11.6 Å². The van der Waals surface area contributed by atoms with Gasteiger partial charge in [0.1, 0.15) is 0 Å². The summed E-state index contributed by atoms with van der Waals surface area (Å²) in [4.78, 5) is 4.17. The summed E-state index contributed by atoms with van der Waals surface area (Å²) in [7, 11) is 0. The van der Waals surface area contributed by atoms with E-state index in [1.165, 1.54) is 12.1 Å². The topological polar surface area (TPSA) is 45.1 Å². The zero-order valence-electron chi connectivity index (χ0n) is 9.19. The molecule has 0 aliphatic rings. The smallest absolute Gasteiger partial charge is 0.165 e. The van der Waals surface area contributed by atoms with Crippen molar-refractivity contribution in [1.29, 1.82) is 0 Å². The van der Waals surface area contributed by atoms with Crippen molar-refractivity contribution in [2.75, 3.05) is 6.54 Å². The highest BCUT2D eigenvalue weighted by atomic mass is 32.1. The predicted octanol–water partition coefficient (Wildman–Crippen LogP) is 2.32. The maximum atomic E-state index is 13.0. The van der Waals surface area contributed by atoms with Crippen molar-refractivity contribution >= 4 is 11.3 Å². The van der Waals surface area contributed by atoms with E-state index >= 15 is 0 Å². The van der Waals surface area contributed by atoms with Crippen LogP contribution in [-0.2, 0) is 13.0 Å². The van der Waals surface area contributed by atoms with Crippen LogP contribution in [0.2, 0.25) is 0 Å². The molecule has 0 amide bonds. The molecule has 0 bridgehead atoms. The number of halogens is 1. The van der Waals surface area contributed by atoms with Gasteiger partial charge in [-0.15, -0.1) is 11.3 Å². The number of phenols is 1. The zero-order chi connectivity index (χ0) is 12.1. The van der Waals surface area contributed by atoms with Crippen molar-refractivity contribution in [2.45, 2.75) is 13.0 Å². The molecule has 1 aromatic carbocycles. The minimum absolute atomic E-state index is 0.309. The molecule has 1 aromatic heterocycles. The number of nitrogens with one attached hydrogen (secondary N) is 1. The van der Waals surface area contributed by atoms with Gasteiger partial charge in [0.2, 0.25) is 0 Å². The third-order valence-corrected chi connectivity index (χ3v) is 3.02. The first kappa shape index (κ1) is 12.0. The van der Waals surface area contributed by atoms with E-state index in [1.54, 1.807) is 17.4 Å². The van der Waals surface area contributed by atoms with Gasteiger partial charge < -0.3 is 10.4 Å². The second-order valence-corrected chi connectivity index (χ2v) is 4.41. The molecule has 17 heavy (non-hydrogen) atoms. The van der Waals surface area contributed by atoms with Gasteiger partial charge in [0.05, 0.1) is 11.2 Å². The molecule has 2 rings (SSSR count). The van der Waals surface area contributed by atoms with Crippen molar-refractivity contribution in [3.05, 3.63) is 46.2 Å². The summed E-state index contributed by atoms with van der Waals surface area (Å²) in [6.07, 6.45) is 0.865. The van der Waals surface area contributed by atoms with Crippen molar-refractivity contribution in [2.24, 2.45) is 0 Å². The Morgan fingerprint density at radius 1 is 1.41 bits per heavy atom. The third-order valence-electron chi connectivity index (χ3n) is 2.38. The average molecular weight is 252 g/mol. The third kappa shape index (κ3) is 3.51. The Kier molecular flexibility index (Phi) is 4.06. The van der Waals surface area contributed by atoms with Crippen LogP contribution in [0.5, 0.6) is 5.75 Å². The molecule has 3 nitrogen and oxygen atoms in total. The van der Waals surface area contributed by atoms with E-state index < -0.39 is 5.82 Å². The lowest BCUT2D eigenvalue weighted by Crippen LogP contribution is -2.16. The summed E-state index contributed by atoms with van der Waals surface area (Å²) in [5.74, 6) is -0.889. The van der Waals surface area contributed by atoms with Crippen LogP contribution in [0.1, 0.15) is 11.3 Å². The monoisotopic (exact) mass is 252 g/mol. The highest BCUT2D eigenvalue weighted by Gasteiger charge is 2.01. The normalized spacial score (nSPS) is 10.6. The van der Waals surface area contributed by atoms with E-state index in [-0.39, 0.29) is 5.75 Å². The summed E-state index contributed by atoms with van der Waals surface area (Å²) in [5.41, 5.74) is 3.70. The molecule has 0 atom stereocenters. The minimum atomic E-state index is -0.580. The van der Waals surface area contributed by atoms with Gasteiger partial charge in [0, 0.05) is 24.9 Å². The molecule has 0 unspecified atom stereocenters. The van der Waals surface area contributed by atoms with Gasteiger partial charge in [-0.05, 0) is 17.7 Å². The van der Waals surface area contributed by atoms with E-state index in [0.717, 1.165) is 24.2 Å².